The maximum absolute atomic E-state index is 12.7. The highest BCUT2D eigenvalue weighted by Crippen LogP contribution is 2.24. The number of nitrogens with zero attached hydrogens (tertiary/aromatic N) is 3. The average Bonchev–Trinajstić information content (AvgIpc) is 2.93. The molecule has 1 saturated heterocycles. The first-order chi connectivity index (χ1) is 12.0. The van der Waals surface area contributed by atoms with Crippen molar-refractivity contribution < 1.29 is 14.1 Å². The molecule has 2 aromatic rings. The molecule has 0 aliphatic carbocycles. The lowest BCUT2D eigenvalue weighted by atomic mass is 10.1. The Morgan fingerprint density at radius 3 is 2.84 bits per heavy atom. The van der Waals surface area contributed by atoms with E-state index in [1.165, 1.54) is 0 Å². The molecule has 3 rings (SSSR count). The van der Waals surface area contributed by atoms with E-state index in [1.54, 1.807) is 0 Å². The summed E-state index contributed by atoms with van der Waals surface area (Å²) < 4.78 is 11.0. The molecular weight excluding hydrogens is 320 g/mol. The topological polar surface area (TPSA) is 80.5 Å². The first-order valence-corrected chi connectivity index (χ1v) is 8.45. The van der Waals surface area contributed by atoms with Gasteiger partial charge in [0.05, 0.1) is 31.0 Å². The van der Waals surface area contributed by atoms with Crippen LogP contribution in [-0.4, -0.2) is 47.7 Å². The summed E-state index contributed by atoms with van der Waals surface area (Å²) >= 11 is 0. The molecule has 3 heterocycles. The van der Waals surface area contributed by atoms with E-state index in [2.05, 4.69) is 15.5 Å². The molecule has 2 aromatic heterocycles. The zero-order valence-corrected chi connectivity index (χ0v) is 15.1. The third kappa shape index (κ3) is 3.82. The fourth-order valence-corrected chi connectivity index (χ4v) is 3.08. The second-order valence-corrected chi connectivity index (χ2v) is 6.35. The molecule has 0 radical (unpaired) electrons. The summed E-state index contributed by atoms with van der Waals surface area (Å²) in [7, 11) is 1.87. The first-order valence-electron chi connectivity index (χ1n) is 8.45. The number of morpholine rings is 1. The van der Waals surface area contributed by atoms with Crippen LogP contribution in [0.25, 0.3) is 0 Å². The van der Waals surface area contributed by atoms with Gasteiger partial charge in [-0.25, -0.2) is 0 Å². The zero-order valence-electron chi connectivity index (χ0n) is 15.1. The van der Waals surface area contributed by atoms with Crippen LogP contribution in [0.2, 0.25) is 0 Å². The number of hydrogen-bond acceptors (Lipinski definition) is 6. The molecule has 0 aromatic carbocycles. The van der Waals surface area contributed by atoms with Crippen LogP contribution in [0.5, 0.6) is 0 Å². The molecule has 1 N–H and O–H groups in total. The van der Waals surface area contributed by atoms with E-state index in [-0.39, 0.29) is 12.0 Å². The number of rotatable bonds is 4. The fourth-order valence-electron chi connectivity index (χ4n) is 3.08. The lowest BCUT2D eigenvalue weighted by molar-refractivity contribution is -0.138. The first kappa shape index (κ1) is 17.4. The maximum atomic E-state index is 12.7. The van der Waals surface area contributed by atoms with Crippen molar-refractivity contribution in [3.63, 3.8) is 0 Å². The van der Waals surface area contributed by atoms with Gasteiger partial charge in [0, 0.05) is 30.5 Å². The number of nitrogens with one attached hydrogen (secondary N) is 1. The minimum absolute atomic E-state index is 0.0594. The molecular formula is C18H24N4O3. The van der Waals surface area contributed by atoms with Gasteiger partial charge < -0.3 is 19.5 Å². The van der Waals surface area contributed by atoms with Crippen LogP contribution in [-0.2, 0) is 16.0 Å². The van der Waals surface area contributed by atoms with Crippen LogP contribution in [0.3, 0.4) is 0 Å². The minimum Gasteiger partial charge on any atom is -0.388 e. The zero-order chi connectivity index (χ0) is 18.0. The van der Waals surface area contributed by atoms with Gasteiger partial charge in [-0.2, -0.15) is 0 Å². The summed E-state index contributed by atoms with van der Waals surface area (Å²) in [5.74, 6) is 0.763. The summed E-state index contributed by atoms with van der Waals surface area (Å²) in [5, 5.41) is 7.05. The van der Waals surface area contributed by atoms with E-state index in [9.17, 15) is 4.79 Å². The SMILES string of the molecule is CNc1cc(C)nc([C@H]2CN(C(=O)Cc3c(C)noc3C)CCO2)c1. The van der Waals surface area contributed by atoms with Gasteiger partial charge in [-0.3, -0.25) is 9.78 Å². The number of carbonyl (C=O) groups excluding carboxylic acids is 1. The molecule has 25 heavy (non-hydrogen) atoms. The van der Waals surface area contributed by atoms with Crippen LogP contribution in [0, 0.1) is 20.8 Å². The highest BCUT2D eigenvalue weighted by molar-refractivity contribution is 5.79. The van der Waals surface area contributed by atoms with Crippen LogP contribution < -0.4 is 5.32 Å². The van der Waals surface area contributed by atoms with Gasteiger partial charge in [0.2, 0.25) is 5.91 Å². The van der Waals surface area contributed by atoms with E-state index in [4.69, 9.17) is 9.26 Å². The molecule has 1 aliphatic rings. The third-order valence-electron chi connectivity index (χ3n) is 4.52. The maximum Gasteiger partial charge on any atom is 0.227 e. The standard InChI is InChI=1S/C18H24N4O3/c1-11-7-14(19-4)8-16(20-11)17-10-22(5-6-24-17)18(23)9-15-12(2)21-25-13(15)3/h7-8,17H,5-6,9-10H2,1-4H3,(H,19,20)/t17-/m1/s1. The molecule has 134 valence electrons. The van der Waals surface area contributed by atoms with E-state index >= 15 is 0 Å². The van der Waals surface area contributed by atoms with Gasteiger partial charge >= 0.3 is 0 Å². The number of anilines is 1. The highest BCUT2D eigenvalue weighted by atomic mass is 16.5. The number of ether oxygens (including phenoxy) is 1. The van der Waals surface area contributed by atoms with Crippen molar-refractivity contribution in [2.75, 3.05) is 32.1 Å². The Kier molecular flexibility index (Phi) is 5.03. The van der Waals surface area contributed by atoms with Gasteiger partial charge in [0.1, 0.15) is 11.9 Å². The average molecular weight is 344 g/mol. The molecule has 0 saturated carbocycles. The third-order valence-corrected chi connectivity index (χ3v) is 4.52. The van der Waals surface area contributed by atoms with E-state index in [0.717, 1.165) is 28.3 Å². The summed E-state index contributed by atoms with van der Waals surface area (Å²) in [6.07, 6.45) is 0.0889. The van der Waals surface area contributed by atoms with Gasteiger partial charge in [-0.1, -0.05) is 5.16 Å². The van der Waals surface area contributed by atoms with Crippen molar-refractivity contribution in [1.82, 2.24) is 15.0 Å². The summed E-state index contributed by atoms with van der Waals surface area (Å²) in [5.41, 5.74) is 4.41. The largest absolute Gasteiger partial charge is 0.388 e. The van der Waals surface area contributed by atoms with E-state index in [0.29, 0.717) is 31.9 Å². The van der Waals surface area contributed by atoms with Gasteiger partial charge in [0.15, 0.2) is 0 Å². The summed E-state index contributed by atoms with van der Waals surface area (Å²) in [6, 6.07) is 3.95. The van der Waals surface area contributed by atoms with E-state index < -0.39 is 0 Å². The number of carbonyl (C=O) groups is 1. The van der Waals surface area contributed by atoms with Gasteiger partial charge in [0.25, 0.3) is 0 Å². The number of pyridine rings is 1. The number of hydrogen-bond donors (Lipinski definition) is 1. The number of aromatic nitrogens is 2. The predicted octanol–water partition coefficient (Wildman–Crippen LogP) is 2.18. The second-order valence-electron chi connectivity index (χ2n) is 6.35. The Bertz CT molecular complexity index is 752. The van der Waals surface area contributed by atoms with Crippen LogP contribution in [0.15, 0.2) is 16.7 Å². The minimum atomic E-state index is -0.214. The predicted molar refractivity (Wildman–Crippen MR) is 93.5 cm³/mol. The second kappa shape index (κ2) is 7.23. The normalized spacial score (nSPS) is 17.6. The highest BCUT2D eigenvalue weighted by Gasteiger charge is 2.27. The van der Waals surface area contributed by atoms with Crippen LogP contribution in [0.4, 0.5) is 5.69 Å². The van der Waals surface area contributed by atoms with E-state index in [1.807, 2.05) is 44.9 Å². The van der Waals surface area contributed by atoms with Gasteiger partial charge in [-0.05, 0) is 32.9 Å². The number of aryl methyl sites for hydroxylation is 3. The van der Waals surface area contributed by atoms with Crippen molar-refractivity contribution in [2.24, 2.45) is 0 Å². The lowest BCUT2D eigenvalue weighted by Gasteiger charge is -2.33. The van der Waals surface area contributed by atoms with Crippen molar-refractivity contribution in [3.8, 4) is 0 Å². The molecule has 1 atom stereocenters. The van der Waals surface area contributed by atoms with Crippen LogP contribution >= 0.6 is 0 Å². The molecule has 1 aliphatic heterocycles. The van der Waals surface area contributed by atoms with Crippen molar-refractivity contribution in [2.45, 2.75) is 33.3 Å². The van der Waals surface area contributed by atoms with Crippen molar-refractivity contribution >= 4 is 11.6 Å². The molecule has 7 heteroatoms. The molecule has 0 spiro atoms. The van der Waals surface area contributed by atoms with Crippen molar-refractivity contribution in [3.05, 3.63) is 40.5 Å². The van der Waals surface area contributed by atoms with Crippen LogP contribution in [0.1, 0.15) is 34.5 Å². The van der Waals surface area contributed by atoms with Gasteiger partial charge in [-0.15, -0.1) is 0 Å². The Balaban J connectivity index is 1.72. The smallest absolute Gasteiger partial charge is 0.227 e. The summed E-state index contributed by atoms with van der Waals surface area (Å²) in [6.45, 7) is 7.24. The Morgan fingerprint density at radius 2 is 2.16 bits per heavy atom. The van der Waals surface area contributed by atoms with Crippen molar-refractivity contribution in [1.29, 1.82) is 0 Å². The molecule has 1 fully saturated rings. The molecule has 0 unspecified atom stereocenters. The monoisotopic (exact) mass is 344 g/mol. The molecule has 0 bridgehead atoms. The lowest BCUT2D eigenvalue weighted by Crippen LogP contribution is -2.43. The quantitative estimate of drug-likeness (QED) is 0.916. The molecule has 7 nitrogen and oxygen atoms in total. The molecule has 1 amide bonds. The Hall–Kier alpha value is -2.41. The Labute approximate surface area is 147 Å². The number of amides is 1. The Morgan fingerprint density at radius 1 is 1.36 bits per heavy atom. The summed E-state index contributed by atoms with van der Waals surface area (Å²) in [4.78, 5) is 19.1. The fraction of sp³-hybridized carbons (Fsp3) is 0.500.